The molecule has 1 fully saturated rings. The maximum absolute atomic E-state index is 10.00. The van der Waals surface area contributed by atoms with Crippen molar-refractivity contribution in [2.45, 2.75) is 5.82 Å². The highest BCUT2D eigenvalue weighted by atomic mass is 16.6. The molecule has 0 spiro atoms. The second-order valence-electron chi connectivity index (χ2n) is 1.46. The zero-order chi connectivity index (χ0) is 5.44. The minimum Gasteiger partial charge on any atom is -0.393 e. The van der Waals surface area contributed by atoms with Crippen molar-refractivity contribution < 1.29 is 14.3 Å². The van der Waals surface area contributed by atoms with Crippen LogP contribution in [0.5, 0.6) is 0 Å². The third-order valence-corrected chi connectivity index (χ3v) is 0.908. The van der Waals surface area contributed by atoms with Crippen molar-refractivity contribution >= 4 is 19.8 Å². The summed E-state index contributed by atoms with van der Waals surface area (Å²) in [5, 5.41) is 0. The Balaban J connectivity index is 2.59. The molecule has 0 unspecified atom stereocenters. The van der Waals surface area contributed by atoms with E-state index in [-0.39, 0.29) is 0 Å². The van der Waals surface area contributed by atoms with E-state index in [1.165, 1.54) is 7.85 Å². The fourth-order valence-corrected chi connectivity index (χ4v) is 0.314. The molecule has 7 heavy (non-hydrogen) atoms. The predicted octanol–water partition coefficient (Wildman–Crippen LogP) is -1.51. The first-order valence-corrected chi connectivity index (χ1v) is 1.97. The number of esters is 2. The number of rotatable bonds is 0. The van der Waals surface area contributed by atoms with Gasteiger partial charge in [-0.25, -0.2) is 0 Å². The molecule has 0 aromatic heterocycles. The van der Waals surface area contributed by atoms with Crippen LogP contribution in [0.15, 0.2) is 0 Å². The Morgan fingerprint density at radius 1 is 1.43 bits per heavy atom. The summed E-state index contributed by atoms with van der Waals surface area (Å²) in [6.07, 6.45) is 0. The molecule has 1 rings (SSSR count). The molecular weight excluding hydrogens is 94.8 g/mol. The Morgan fingerprint density at radius 2 is 1.86 bits per heavy atom. The van der Waals surface area contributed by atoms with E-state index in [9.17, 15) is 9.59 Å². The van der Waals surface area contributed by atoms with Crippen LogP contribution in [0, 0.1) is 0 Å². The predicted molar refractivity (Wildman–Crippen MR) is 23.4 cm³/mol. The van der Waals surface area contributed by atoms with Crippen LogP contribution in [0.3, 0.4) is 0 Å². The number of hydrogen-bond acceptors (Lipinski definition) is 3. The Kier molecular flexibility index (Phi) is 0.677. The van der Waals surface area contributed by atoms with Gasteiger partial charge >= 0.3 is 11.9 Å². The highest BCUT2D eigenvalue weighted by molar-refractivity contribution is 6.40. The molecule has 0 saturated carbocycles. The van der Waals surface area contributed by atoms with Gasteiger partial charge in [-0.3, -0.25) is 9.59 Å². The van der Waals surface area contributed by atoms with E-state index in [1.54, 1.807) is 0 Å². The van der Waals surface area contributed by atoms with Crippen molar-refractivity contribution in [3.05, 3.63) is 0 Å². The maximum Gasteiger partial charge on any atom is 0.319 e. The molecule has 4 heteroatoms. The van der Waals surface area contributed by atoms with Crippen molar-refractivity contribution in [1.82, 2.24) is 0 Å². The first-order valence-electron chi connectivity index (χ1n) is 1.97. The molecule has 0 N–H and O–H groups in total. The summed E-state index contributed by atoms with van der Waals surface area (Å²) in [5.74, 6) is -1.32. The molecule has 0 atom stereocenters. The maximum atomic E-state index is 10.00. The smallest absolute Gasteiger partial charge is 0.319 e. The van der Waals surface area contributed by atoms with Gasteiger partial charge in [-0.05, 0) is 0 Å². The first kappa shape index (κ1) is 4.37. The molecular formula is C3H3BO3. The monoisotopic (exact) mass is 98.0 g/mol. The second-order valence-corrected chi connectivity index (χ2v) is 1.46. The molecule has 3 nitrogen and oxygen atoms in total. The molecule has 1 heterocycles. The van der Waals surface area contributed by atoms with Crippen molar-refractivity contribution in [2.24, 2.45) is 0 Å². The van der Waals surface area contributed by atoms with Gasteiger partial charge in [0.1, 0.15) is 13.7 Å². The lowest BCUT2D eigenvalue weighted by atomic mass is 9.84. The third kappa shape index (κ3) is 0.426. The van der Waals surface area contributed by atoms with Crippen LogP contribution in [0.2, 0.25) is 5.82 Å². The summed E-state index contributed by atoms with van der Waals surface area (Å²) < 4.78 is 3.97. The van der Waals surface area contributed by atoms with Gasteiger partial charge in [0, 0.05) is 0 Å². The lowest BCUT2D eigenvalue weighted by Gasteiger charge is -2.16. The van der Waals surface area contributed by atoms with Crippen LogP contribution in [0.25, 0.3) is 0 Å². The highest BCUT2D eigenvalue weighted by Crippen LogP contribution is 2.15. The van der Waals surface area contributed by atoms with Crippen molar-refractivity contribution in [2.75, 3.05) is 0 Å². The van der Waals surface area contributed by atoms with Gasteiger partial charge in [0.25, 0.3) is 0 Å². The van der Waals surface area contributed by atoms with Gasteiger partial charge in [-0.2, -0.15) is 0 Å². The van der Waals surface area contributed by atoms with Crippen LogP contribution >= 0.6 is 0 Å². The molecule has 0 aromatic carbocycles. The largest absolute Gasteiger partial charge is 0.393 e. The normalized spacial score (nSPS) is 21.1. The second kappa shape index (κ2) is 1.09. The van der Waals surface area contributed by atoms with Crippen molar-refractivity contribution in [3.63, 3.8) is 0 Å². The highest BCUT2D eigenvalue weighted by Gasteiger charge is 2.36. The van der Waals surface area contributed by atoms with Crippen LogP contribution in [-0.2, 0) is 14.3 Å². The van der Waals surface area contributed by atoms with Crippen molar-refractivity contribution in [3.8, 4) is 0 Å². The molecule has 0 radical (unpaired) electrons. The minimum absolute atomic E-state index is 0.412. The van der Waals surface area contributed by atoms with Gasteiger partial charge in [0.15, 0.2) is 0 Å². The lowest BCUT2D eigenvalue weighted by Crippen LogP contribution is -2.35. The van der Waals surface area contributed by atoms with E-state index in [4.69, 9.17) is 0 Å². The number of ether oxygens (including phenoxy) is 1. The molecule has 0 amide bonds. The van der Waals surface area contributed by atoms with E-state index in [1.807, 2.05) is 0 Å². The standard InChI is InChI=1S/C3H3BO3/c4-1-2(5)7-3(1)6/h1H,4H2. The number of cyclic esters (lactones) is 2. The van der Waals surface area contributed by atoms with Crippen molar-refractivity contribution in [1.29, 1.82) is 0 Å². The first-order chi connectivity index (χ1) is 3.22. The number of carbonyl (C=O) groups excluding carboxylic acids is 2. The molecule has 1 saturated heterocycles. The third-order valence-electron chi connectivity index (χ3n) is 0.908. The fourth-order valence-electron chi connectivity index (χ4n) is 0.314. The van der Waals surface area contributed by atoms with Gasteiger partial charge in [-0.1, -0.05) is 0 Å². The van der Waals surface area contributed by atoms with Crippen LogP contribution in [-0.4, -0.2) is 19.8 Å². The molecule has 1 aliphatic heterocycles. The molecule has 36 valence electrons. The fraction of sp³-hybridized carbons (Fsp3) is 0.333. The molecule has 0 bridgehead atoms. The summed E-state index contributed by atoms with van der Waals surface area (Å²) in [4.78, 5) is 20.0. The Hall–Kier alpha value is -0.795. The molecule has 1 aliphatic rings. The summed E-state index contributed by atoms with van der Waals surface area (Å²) >= 11 is 0. The zero-order valence-electron chi connectivity index (χ0n) is 3.80. The van der Waals surface area contributed by atoms with E-state index in [2.05, 4.69) is 4.74 Å². The Bertz CT molecular complexity index is 116. The number of carbonyl (C=O) groups is 2. The summed E-state index contributed by atoms with van der Waals surface area (Å²) in [6, 6.07) is 0. The van der Waals surface area contributed by atoms with E-state index >= 15 is 0 Å². The zero-order valence-corrected chi connectivity index (χ0v) is 3.80. The van der Waals surface area contributed by atoms with E-state index in [0.717, 1.165) is 0 Å². The van der Waals surface area contributed by atoms with Gasteiger partial charge in [0.05, 0.1) is 0 Å². The minimum atomic E-state index is -0.500. The van der Waals surface area contributed by atoms with Gasteiger partial charge < -0.3 is 4.74 Å². The Morgan fingerprint density at radius 3 is 1.86 bits per heavy atom. The summed E-state index contributed by atoms with van der Waals surface area (Å²) in [7, 11) is 1.52. The van der Waals surface area contributed by atoms with Gasteiger partial charge in [-0.15, -0.1) is 0 Å². The lowest BCUT2D eigenvalue weighted by molar-refractivity contribution is -0.174. The topological polar surface area (TPSA) is 43.4 Å². The Labute approximate surface area is 41.1 Å². The van der Waals surface area contributed by atoms with Crippen LogP contribution in [0.4, 0.5) is 0 Å². The van der Waals surface area contributed by atoms with E-state index in [0.29, 0.717) is 0 Å². The van der Waals surface area contributed by atoms with Crippen LogP contribution in [0.1, 0.15) is 0 Å². The average Bonchev–Trinajstić information content (AvgIpc) is 1.68. The van der Waals surface area contributed by atoms with Gasteiger partial charge in [0.2, 0.25) is 0 Å². The summed E-state index contributed by atoms with van der Waals surface area (Å²) in [5.41, 5.74) is 0. The number of hydrogen-bond donors (Lipinski definition) is 0. The molecule has 0 aliphatic carbocycles. The van der Waals surface area contributed by atoms with E-state index < -0.39 is 17.8 Å². The SMILES string of the molecule is BC1C(=O)OC1=O. The molecule has 0 aromatic rings. The average molecular weight is 97.9 g/mol. The summed E-state index contributed by atoms with van der Waals surface area (Å²) in [6.45, 7) is 0. The quantitative estimate of drug-likeness (QED) is 0.210. The van der Waals surface area contributed by atoms with Crippen LogP contribution < -0.4 is 0 Å².